The molecule has 1 heterocycles. The minimum atomic E-state index is -4.93. The van der Waals surface area contributed by atoms with E-state index in [0.717, 1.165) is 7.11 Å². The Hall–Kier alpha value is -1.50. The molecular formula is C9H7ClF3NO3. The van der Waals surface area contributed by atoms with Gasteiger partial charge in [-0.25, -0.2) is 4.98 Å². The minimum absolute atomic E-state index is 0.205. The van der Waals surface area contributed by atoms with E-state index in [1.54, 1.807) is 0 Å². The van der Waals surface area contributed by atoms with Crippen LogP contribution in [-0.4, -0.2) is 23.7 Å². The third-order valence-corrected chi connectivity index (χ3v) is 1.94. The monoisotopic (exact) mass is 269 g/mol. The molecular weight excluding hydrogens is 263 g/mol. The molecule has 0 saturated heterocycles. The Morgan fingerprint density at radius 3 is 2.47 bits per heavy atom. The molecule has 0 radical (unpaired) electrons. The summed E-state index contributed by atoms with van der Waals surface area (Å²) >= 11 is 5.13. The maximum Gasteiger partial charge on any atom is 0.574 e. The number of aryl methyl sites for hydroxylation is 1. The Morgan fingerprint density at radius 2 is 2.06 bits per heavy atom. The molecule has 0 amide bonds. The maximum atomic E-state index is 12.1. The van der Waals surface area contributed by atoms with Gasteiger partial charge < -0.3 is 9.47 Å². The predicted octanol–water partition coefficient (Wildman–Crippen LogP) is 2.68. The minimum Gasteiger partial charge on any atom is -0.491 e. The fraction of sp³-hybridized carbons (Fsp3) is 0.333. The van der Waals surface area contributed by atoms with Crippen LogP contribution in [0.15, 0.2) is 6.07 Å². The number of nitrogens with zero attached hydrogens (tertiary/aromatic N) is 1. The second kappa shape index (κ2) is 4.79. The molecule has 0 unspecified atom stereocenters. The lowest BCUT2D eigenvalue weighted by Crippen LogP contribution is -2.19. The molecule has 17 heavy (non-hydrogen) atoms. The van der Waals surface area contributed by atoms with Gasteiger partial charge in [0.15, 0.2) is 5.75 Å². The number of carbonyl (C=O) groups is 1. The lowest BCUT2D eigenvalue weighted by molar-refractivity contribution is -0.276. The van der Waals surface area contributed by atoms with Gasteiger partial charge in [0.25, 0.3) is 11.1 Å². The summed E-state index contributed by atoms with van der Waals surface area (Å²) < 4.78 is 44.6. The highest BCUT2D eigenvalue weighted by Gasteiger charge is 2.34. The first-order valence-electron chi connectivity index (χ1n) is 4.26. The summed E-state index contributed by atoms with van der Waals surface area (Å²) in [5.41, 5.74) is -0.0880. The van der Waals surface area contributed by atoms with Crippen molar-refractivity contribution in [2.24, 2.45) is 0 Å². The van der Waals surface area contributed by atoms with Crippen LogP contribution in [0.1, 0.15) is 16.1 Å². The van der Waals surface area contributed by atoms with Crippen molar-refractivity contribution in [2.75, 3.05) is 7.11 Å². The molecule has 0 aliphatic carbocycles. The molecule has 94 valence electrons. The van der Waals surface area contributed by atoms with Crippen molar-refractivity contribution in [2.45, 2.75) is 13.3 Å². The highest BCUT2D eigenvalue weighted by molar-refractivity contribution is 6.67. The number of hydrogen-bond donors (Lipinski definition) is 0. The molecule has 0 fully saturated rings. The Bertz CT molecular complexity index is 448. The van der Waals surface area contributed by atoms with E-state index in [9.17, 15) is 18.0 Å². The highest BCUT2D eigenvalue weighted by Crippen LogP contribution is 2.33. The van der Waals surface area contributed by atoms with E-state index in [1.807, 2.05) is 0 Å². The fourth-order valence-electron chi connectivity index (χ4n) is 1.16. The molecule has 0 aliphatic heterocycles. The quantitative estimate of drug-likeness (QED) is 0.792. The molecule has 1 rings (SSSR count). The zero-order valence-corrected chi connectivity index (χ0v) is 9.52. The van der Waals surface area contributed by atoms with Gasteiger partial charge in [-0.3, -0.25) is 4.79 Å². The van der Waals surface area contributed by atoms with Crippen molar-refractivity contribution in [1.82, 2.24) is 4.98 Å². The van der Waals surface area contributed by atoms with Gasteiger partial charge in [0.2, 0.25) is 0 Å². The molecule has 1 aromatic heterocycles. The van der Waals surface area contributed by atoms with Crippen molar-refractivity contribution in [3.05, 3.63) is 17.3 Å². The molecule has 0 aliphatic rings. The van der Waals surface area contributed by atoms with Crippen LogP contribution in [0, 0.1) is 6.92 Å². The van der Waals surface area contributed by atoms with E-state index in [-0.39, 0.29) is 17.0 Å². The maximum absolute atomic E-state index is 12.1. The van der Waals surface area contributed by atoms with Crippen LogP contribution in [0.25, 0.3) is 0 Å². The summed E-state index contributed by atoms with van der Waals surface area (Å²) in [7, 11) is 1.16. The van der Waals surface area contributed by atoms with E-state index < -0.39 is 17.5 Å². The summed E-state index contributed by atoms with van der Waals surface area (Å²) in [5, 5.41) is -0.984. The van der Waals surface area contributed by atoms with Gasteiger partial charge in [-0.2, -0.15) is 0 Å². The smallest absolute Gasteiger partial charge is 0.491 e. The Kier molecular flexibility index (Phi) is 3.82. The molecule has 4 nitrogen and oxygen atoms in total. The van der Waals surface area contributed by atoms with E-state index in [0.29, 0.717) is 0 Å². The SMILES string of the molecule is COc1c(C)cc(C(=O)Cl)nc1OC(F)(F)F. The van der Waals surface area contributed by atoms with Gasteiger partial charge in [-0.05, 0) is 30.2 Å². The first-order valence-corrected chi connectivity index (χ1v) is 4.63. The largest absolute Gasteiger partial charge is 0.574 e. The van der Waals surface area contributed by atoms with Crippen LogP contribution < -0.4 is 9.47 Å². The average molecular weight is 270 g/mol. The lowest BCUT2D eigenvalue weighted by Gasteiger charge is -2.13. The summed E-state index contributed by atoms with van der Waals surface area (Å²) in [6, 6.07) is 1.21. The lowest BCUT2D eigenvalue weighted by atomic mass is 10.2. The van der Waals surface area contributed by atoms with Gasteiger partial charge in [0.05, 0.1) is 7.11 Å². The van der Waals surface area contributed by atoms with Crippen LogP contribution in [0.3, 0.4) is 0 Å². The van der Waals surface area contributed by atoms with E-state index in [2.05, 4.69) is 9.72 Å². The first-order chi connectivity index (χ1) is 7.74. The number of ether oxygens (including phenoxy) is 2. The second-order valence-corrected chi connectivity index (χ2v) is 3.33. The van der Waals surface area contributed by atoms with Crippen LogP contribution in [-0.2, 0) is 0 Å². The summed E-state index contributed by atoms with van der Waals surface area (Å²) in [6.07, 6.45) is -4.93. The molecule has 0 saturated carbocycles. The topological polar surface area (TPSA) is 48.4 Å². The average Bonchev–Trinajstić information content (AvgIpc) is 2.14. The molecule has 0 spiro atoms. The number of hydrogen-bond acceptors (Lipinski definition) is 4. The van der Waals surface area contributed by atoms with Gasteiger partial charge in [-0.1, -0.05) is 0 Å². The highest BCUT2D eigenvalue weighted by atomic mass is 35.5. The molecule has 0 aromatic carbocycles. The molecule has 8 heteroatoms. The zero-order chi connectivity index (χ0) is 13.2. The third-order valence-electron chi connectivity index (χ3n) is 1.75. The predicted molar refractivity (Wildman–Crippen MR) is 52.4 cm³/mol. The summed E-state index contributed by atoms with van der Waals surface area (Å²) in [5.74, 6) is -1.05. The second-order valence-electron chi connectivity index (χ2n) is 2.98. The van der Waals surface area contributed by atoms with Gasteiger partial charge in [0, 0.05) is 0 Å². The number of carbonyl (C=O) groups excluding carboxylic acids is 1. The zero-order valence-electron chi connectivity index (χ0n) is 8.76. The molecule has 1 aromatic rings. The molecule has 0 atom stereocenters. The molecule has 0 bridgehead atoms. The standard InChI is InChI=1S/C9H7ClF3NO3/c1-4-3-5(7(10)15)14-8(6(4)16-2)17-9(11,12)13/h3H,1-2H3. The van der Waals surface area contributed by atoms with Crippen LogP contribution in [0.4, 0.5) is 13.2 Å². The van der Waals surface area contributed by atoms with Crippen molar-refractivity contribution in [3.8, 4) is 11.6 Å². The fourth-order valence-corrected chi connectivity index (χ4v) is 1.26. The molecule has 0 N–H and O–H groups in total. The van der Waals surface area contributed by atoms with Crippen LogP contribution >= 0.6 is 11.6 Å². The van der Waals surface area contributed by atoms with Crippen LogP contribution in [0.2, 0.25) is 0 Å². The summed E-state index contributed by atoms with van der Waals surface area (Å²) in [6.45, 7) is 1.44. The Labute approximate surface area is 99.3 Å². The normalized spacial score (nSPS) is 11.2. The number of halogens is 4. The van der Waals surface area contributed by atoms with Crippen molar-refractivity contribution in [3.63, 3.8) is 0 Å². The first kappa shape index (κ1) is 13.6. The number of alkyl halides is 3. The van der Waals surface area contributed by atoms with Gasteiger partial charge in [-0.15, -0.1) is 13.2 Å². The van der Waals surface area contributed by atoms with E-state index in [1.165, 1.54) is 13.0 Å². The van der Waals surface area contributed by atoms with Crippen LogP contribution in [0.5, 0.6) is 11.6 Å². The van der Waals surface area contributed by atoms with E-state index in [4.69, 9.17) is 16.3 Å². The Morgan fingerprint density at radius 1 is 1.47 bits per heavy atom. The number of aromatic nitrogens is 1. The van der Waals surface area contributed by atoms with Crippen molar-refractivity contribution >= 4 is 16.8 Å². The number of pyridine rings is 1. The summed E-state index contributed by atoms with van der Waals surface area (Å²) in [4.78, 5) is 14.2. The van der Waals surface area contributed by atoms with E-state index >= 15 is 0 Å². The number of methoxy groups -OCH3 is 1. The number of rotatable bonds is 3. The van der Waals surface area contributed by atoms with Crippen molar-refractivity contribution in [1.29, 1.82) is 0 Å². The third kappa shape index (κ3) is 3.48. The van der Waals surface area contributed by atoms with Crippen molar-refractivity contribution < 1.29 is 27.4 Å². The van der Waals surface area contributed by atoms with Gasteiger partial charge in [0.1, 0.15) is 5.69 Å². The van der Waals surface area contributed by atoms with Gasteiger partial charge >= 0.3 is 6.36 Å². The Balaban J connectivity index is 3.29.